The highest BCUT2D eigenvalue weighted by atomic mass is 19.4. The smallest absolute Gasteiger partial charge is 0.406 e. The molecule has 2 saturated carbocycles. The van der Waals surface area contributed by atoms with E-state index in [0.29, 0.717) is 5.92 Å². The van der Waals surface area contributed by atoms with Gasteiger partial charge in [0.15, 0.2) is 0 Å². The Morgan fingerprint density at radius 1 is 0.852 bits per heavy atom. The van der Waals surface area contributed by atoms with Crippen LogP contribution in [0.3, 0.4) is 0 Å². The minimum Gasteiger partial charge on any atom is -0.406 e. The lowest BCUT2D eigenvalue weighted by molar-refractivity contribution is -0.274. The van der Waals surface area contributed by atoms with Crippen LogP contribution in [-0.2, 0) is 0 Å². The molecule has 0 bridgehead atoms. The molecule has 0 atom stereocenters. The third-order valence-electron chi connectivity index (χ3n) is 6.88. The molecule has 2 aliphatic carbocycles. The van der Waals surface area contributed by atoms with Crippen molar-refractivity contribution in [3.05, 3.63) is 29.8 Å². The minimum atomic E-state index is -4.62. The Morgan fingerprint density at radius 2 is 1.41 bits per heavy atom. The summed E-state index contributed by atoms with van der Waals surface area (Å²) < 4.78 is 40.8. The Hall–Kier alpha value is -1.19. The maximum atomic E-state index is 12.3. The van der Waals surface area contributed by atoms with E-state index >= 15 is 0 Å². The lowest BCUT2D eigenvalue weighted by Gasteiger charge is -2.38. The van der Waals surface area contributed by atoms with Gasteiger partial charge in [-0.05, 0) is 79.9 Å². The lowest BCUT2D eigenvalue weighted by atomic mass is 9.68. The molecule has 27 heavy (non-hydrogen) atoms. The molecule has 0 aliphatic heterocycles. The van der Waals surface area contributed by atoms with Gasteiger partial charge in [-0.3, -0.25) is 0 Å². The summed E-state index contributed by atoms with van der Waals surface area (Å²) in [4.78, 5) is 0. The van der Waals surface area contributed by atoms with Crippen LogP contribution in [0.15, 0.2) is 24.3 Å². The molecule has 4 heteroatoms. The van der Waals surface area contributed by atoms with Gasteiger partial charge in [0.2, 0.25) is 0 Å². The van der Waals surface area contributed by atoms with E-state index < -0.39 is 6.36 Å². The van der Waals surface area contributed by atoms with Crippen molar-refractivity contribution in [3.63, 3.8) is 0 Å². The van der Waals surface area contributed by atoms with Crippen LogP contribution >= 0.6 is 0 Å². The highest BCUT2D eigenvalue weighted by molar-refractivity contribution is 5.29. The Bertz CT molecular complexity index is 550. The Morgan fingerprint density at radius 3 is 1.93 bits per heavy atom. The fourth-order valence-electron chi connectivity index (χ4n) is 5.31. The molecule has 1 aromatic carbocycles. The van der Waals surface area contributed by atoms with Gasteiger partial charge in [-0.1, -0.05) is 51.2 Å². The van der Waals surface area contributed by atoms with Crippen LogP contribution < -0.4 is 4.74 Å². The van der Waals surface area contributed by atoms with E-state index in [9.17, 15) is 13.2 Å². The average molecular weight is 383 g/mol. The van der Waals surface area contributed by atoms with Crippen molar-refractivity contribution in [2.45, 2.75) is 89.8 Å². The maximum absolute atomic E-state index is 12.3. The normalized spacial score (nSPS) is 29.5. The molecule has 1 aromatic rings. The molecule has 0 heterocycles. The maximum Gasteiger partial charge on any atom is 0.573 e. The summed E-state index contributed by atoms with van der Waals surface area (Å²) >= 11 is 0. The largest absolute Gasteiger partial charge is 0.573 e. The molecular weight excluding hydrogens is 349 g/mol. The molecule has 0 aromatic heterocycles. The van der Waals surface area contributed by atoms with Crippen molar-refractivity contribution >= 4 is 0 Å². The SMILES string of the molecule is CCCC[C@H]1CC[C@H]([C@H]2CC[C@H](c3ccc(OC(F)(F)F)cc3)CC2)CC1. The first-order chi connectivity index (χ1) is 12.9. The average Bonchev–Trinajstić information content (AvgIpc) is 2.66. The van der Waals surface area contributed by atoms with Crippen LogP contribution in [0, 0.1) is 17.8 Å². The second-order valence-electron chi connectivity index (χ2n) is 8.65. The molecule has 2 fully saturated rings. The first kappa shape index (κ1) is 20.5. The van der Waals surface area contributed by atoms with Crippen LogP contribution in [0.2, 0.25) is 0 Å². The molecule has 0 spiro atoms. The van der Waals surface area contributed by atoms with Crippen LogP contribution in [0.4, 0.5) is 13.2 Å². The molecule has 0 unspecified atom stereocenters. The molecule has 3 rings (SSSR count). The van der Waals surface area contributed by atoms with E-state index in [-0.39, 0.29) is 5.75 Å². The molecule has 2 aliphatic rings. The summed E-state index contributed by atoms with van der Waals surface area (Å²) in [5.74, 6) is 3.10. The van der Waals surface area contributed by atoms with Crippen molar-refractivity contribution < 1.29 is 17.9 Å². The van der Waals surface area contributed by atoms with E-state index in [1.165, 1.54) is 82.8 Å². The summed E-state index contributed by atoms with van der Waals surface area (Å²) in [7, 11) is 0. The number of halogens is 3. The molecule has 0 saturated heterocycles. The van der Waals surface area contributed by atoms with E-state index in [1.807, 2.05) is 12.1 Å². The van der Waals surface area contributed by atoms with Crippen molar-refractivity contribution in [2.24, 2.45) is 17.8 Å². The highest BCUT2D eigenvalue weighted by Gasteiger charge is 2.32. The van der Waals surface area contributed by atoms with Crippen molar-refractivity contribution in [1.29, 1.82) is 0 Å². The number of hydrogen-bond acceptors (Lipinski definition) is 1. The predicted molar refractivity (Wildman–Crippen MR) is 103 cm³/mol. The minimum absolute atomic E-state index is 0.125. The van der Waals surface area contributed by atoms with E-state index in [2.05, 4.69) is 11.7 Å². The molecule has 0 N–H and O–H groups in total. The summed E-state index contributed by atoms with van der Waals surface area (Å²) in [6, 6.07) is 6.52. The summed E-state index contributed by atoms with van der Waals surface area (Å²) in [6.45, 7) is 2.28. The van der Waals surface area contributed by atoms with Gasteiger partial charge in [-0.25, -0.2) is 0 Å². The fourth-order valence-corrected chi connectivity index (χ4v) is 5.31. The van der Waals surface area contributed by atoms with Crippen LogP contribution in [0.1, 0.15) is 89.0 Å². The van der Waals surface area contributed by atoms with Crippen LogP contribution in [-0.4, -0.2) is 6.36 Å². The van der Waals surface area contributed by atoms with Gasteiger partial charge in [0, 0.05) is 0 Å². The molecule has 1 nitrogen and oxygen atoms in total. The van der Waals surface area contributed by atoms with Crippen molar-refractivity contribution in [3.8, 4) is 5.75 Å². The number of unbranched alkanes of at least 4 members (excludes halogenated alkanes) is 1. The van der Waals surface area contributed by atoms with Crippen molar-refractivity contribution in [1.82, 2.24) is 0 Å². The number of ether oxygens (including phenoxy) is 1. The second kappa shape index (κ2) is 9.34. The van der Waals surface area contributed by atoms with Gasteiger partial charge in [0.05, 0.1) is 0 Å². The summed E-state index contributed by atoms with van der Waals surface area (Å²) in [5, 5.41) is 0. The first-order valence-corrected chi connectivity index (χ1v) is 10.8. The fraction of sp³-hybridized carbons (Fsp3) is 0.739. The first-order valence-electron chi connectivity index (χ1n) is 10.8. The highest BCUT2D eigenvalue weighted by Crippen LogP contribution is 2.44. The van der Waals surface area contributed by atoms with Gasteiger partial charge < -0.3 is 4.74 Å². The number of rotatable bonds is 6. The van der Waals surface area contributed by atoms with Gasteiger partial charge in [-0.2, -0.15) is 0 Å². The quantitative estimate of drug-likeness (QED) is 0.486. The third-order valence-corrected chi connectivity index (χ3v) is 6.88. The third kappa shape index (κ3) is 6.15. The standard InChI is InChI=1S/C23H33F3O/c1-2-3-4-17-5-7-18(8-6-17)19-9-11-20(12-10-19)21-13-15-22(16-14-21)27-23(24,25)26/h13-20H,2-12H2,1H3/t17-,18-,19-,20-. The van der Waals surface area contributed by atoms with E-state index in [0.717, 1.165) is 23.3 Å². The zero-order valence-electron chi connectivity index (χ0n) is 16.4. The molecule has 152 valence electrons. The predicted octanol–water partition coefficient (Wildman–Crippen LogP) is 7.86. The molecule has 0 radical (unpaired) electrons. The monoisotopic (exact) mass is 382 g/mol. The molecule has 0 amide bonds. The second-order valence-corrected chi connectivity index (χ2v) is 8.65. The molecular formula is C23H33F3O. The Kier molecular flexibility index (Phi) is 7.10. The number of hydrogen-bond donors (Lipinski definition) is 0. The number of alkyl halides is 3. The summed E-state index contributed by atoms with van der Waals surface area (Å²) in [6.07, 6.45) is 10.0. The van der Waals surface area contributed by atoms with E-state index in [4.69, 9.17) is 0 Å². The zero-order chi connectivity index (χ0) is 19.3. The van der Waals surface area contributed by atoms with Gasteiger partial charge in [0.1, 0.15) is 5.75 Å². The van der Waals surface area contributed by atoms with Gasteiger partial charge in [0.25, 0.3) is 0 Å². The van der Waals surface area contributed by atoms with Crippen LogP contribution in [0.25, 0.3) is 0 Å². The zero-order valence-corrected chi connectivity index (χ0v) is 16.4. The number of benzene rings is 1. The Balaban J connectivity index is 1.44. The summed E-state index contributed by atoms with van der Waals surface area (Å²) in [5.41, 5.74) is 1.16. The van der Waals surface area contributed by atoms with Crippen LogP contribution in [0.5, 0.6) is 5.75 Å². The van der Waals surface area contributed by atoms with Gasteiger partial charge in [-0.15, -0.1) is 13.2 Å². The Labute approximate surface area is 161 Å². The van der Waals surface area contributed by atoms with Gasteiger partial charge >= 0.3 is 6.36 Å². The lowest BCUT2D eigenvalue weighted by Crippen LogP contribution is -2.25. The van der Waals surface area contributed by atoms with Crippen molar-refractivity contribution in [2.75, 3.05) is 0 Å². The topological polar surface area (TPSA) is 9.23 Å². The van der Waals surface area contributed by atoms with E-state index in [1.54, 1.807) is 0 Å².